The summed E-state index contributed by atoms with van der Waals surface area (Å²) < 4.78 is 4.83. The molecular weight excluding hydrogens is 320 g/mol. The highest BCUT2D eigenvalue weighted by Crippen LogP contribution is 2.31. The highest BCUT2D eigenvalue weighted by atomic mass is 16.6. The van der Waals surface area contributed by atoms with Crippen LogP contribution in [0, 0.1) is 16.0 Å². The molecule has 3 rings (SSSR count). The molecule has 0 unspecified atom stereocenters. The van der Waals surface area contributed by atoms with Crippen molar-refractivity contribution in [3.63, 3.8) is 0 Å². The molecule has 1 aromatic carbocycles. The van der Waals surface area contributed by atoms with Crippen LogP contribution in [0.3, 0.4) is 0 Å². The van der Waals surface area contributed by atoms with Gasteiger partial charge in [-0.15, -0.1) is 0 Å². The molecule has 0 aromatic heterocycles. The number of carbonyl (C=O) groups is 3. The van der Waals surface area contributed by atoms with Gasteiger partial charge in [-0.2, -0.15) is 5.10 Å². The fraction of sp³-hybridized carbons (Fsp3) is 0.286. The Bertz CT molecular complexity index is 772. The lowest BCUT2D eigenvalue weighted by Gasteiger charge is -2.15. The zero-order valence-electron chi connectivity index (χ0n) is 12.5. The summed E-state index contributed by atoms with van der Waals surface area (Å²) in [6, 6.07) is 4.01. The van der Waals surface area contributed by atoms with Crippen molar-refractivity contribution < 1.29 is 24.0 Å². The molecule has 1 N–H and O–H groups in total. The number of benzene rings is 1. The van der Waals surface area contributed by atoms with Crippen molar-refractivity contribution in [3.05, 3.63) is 34.4 Å². The Hall–Kier alpha value is -3.30. The maximum absolute atomic E-state index is 12.6. The van der Waals surface area contributed by atoms with E-state index >= 15 is 0 Å². The third kappa shape index (κ3) is 2.28. The minimum atomic E-state index is -1.06. The zero-order chi connectivity index (χ0) is 17.4. The number of imide groups is 1. The van der Waals surface area contributed by atoms with E-state index in [0.29, 0.717) is 0 Å². The quantitative estimate of drug-likeness (QED) is 0.354. The molecule has 2 aliphatic heterocycles. The van der Waals surface area contributed by atoms with E-state index in [9.17, 15) is 24.5 Å². The monoisotopic (exact) mass is 332 g/mol. The molecule has 2 amide bonds. The summed E-state index contributed by atoms with van der Waals surface area (Å²) in [5.74, 6) is -3.03. The molecule has 0 aliphatic carbocycles. The van der Waals surface area contributed by atoms with E-state index in [1.807, 2.05) is 0 Å². The number of nitro groups is 1. The van der Waals surface area contributed by atoms with Crippen LogP contribution in [-0.4, -0.2) is 41.1 Å². The van der Waals surface area contributed by atoms with Crippen LogP contribution >= 0.6 is 0 Å². The number of carbonyl (C=O) groups excluding carboxylic acids is 3. The Balaban J connectivity index is 1.89. The van der Waals surface area contributed by atoms with Crippen molar-refractivity contribution in [2.24, 2.45) is 11.0 Å². The van der Waals surface area contributed by atoms with Crippen LogP contribution in [-0.2, 0) is 19.1 Å². The van der Waals surface area contributed by atoms with Gasteiger partial charge in [0, 0.05) is 12.1 Å². The topological polar surface area (TPSA) is 131 Å². The van der Waals surface area contributed by atoms with Crippen molar-refractivity contribution >= 4 is 34.9 Å². The normalized spacial score (nSPS) is 22.0. The number of hydrogen-bond donors (Lipinski definition) is 1. The standard InChI is InChI=1S/C14H12N4O6/c1-2-24-14(21)11-9-10(15-16-11)13(20)17(12(9)19)7-3-5-8(6-4-7)18(22)23/h3-6,9-10,15H,2H2,1H3/t9-,10-/m0/s1. The largest absolute Gasteiger partial charge is 0.461 e. The third-order valence-corrected chi connectivity index (χ3v) is 3.73. The van der Waals surface area contributed by atoms with Crippen molar-refractivity contribution in [1.29, 1.82) is 0 Å². The van der Waals surface area contributed by atoms with Crippen molar-refractivity contribution in [3.8, 4) is 0 Å². The Kier molecular flexibility index (Phi) is 3.72. The molecule has 1 saturated heterocycles. The lowest BCUT2D eigenvalue weighted by Crippen LogP contribution is -2.36. The molecule has 1 aromatic rings. The van der Waals surface area contributed by atoms with Gasteiger partial charge in [-0.1, -0.05) is 0 Å². The summed E-state index contributed by atoms with van der Waals surface area (Å²) in [7, 11) is 0. The van der Waals surface area contributed by atoms with Gasteiger partial charge in [0.25, 0.3) is 11.6 Å². The predicted molar refractivity (Wildman–Crippen MR) is 80.1 cm³/mol. The van der Waals surface area contributed by atoms with Gasteiger partial charge in [-0.3, -0.25) is 25.1 Å². The van der Waals surface area contributed by atoms with E-state index in [1.165, 1.54) is 24.3 Å². The van der Waals surface area contributed by atoms with E-state index < -0.39 is 34.7 Å². The molecular formula is C14H12N4O6. The number of hydrazone groups is 1. The van der Waals surface area contributed by atoms with Crippen LogP contribution in [0.15, 0.2) is 29.4 Å². The number of esters is 1. The first-order valence-electron chi connectivity index (χ1n) is 7.08. The van der Waals surface area contributed by atoms with Gasteiger partial charge < -0.3 is 4.74 Å². The van der Waals surface area contributed by atoms with Crippen molar-refractivity contribution in [2.75, 3.05) is 11.5 Å². The Labute approximate surface area is 135 Å². The predicted octanol–water partition coefficient (Wildman–Crippen LogP) is -0.0249. The van der Waals surface area contributed by atoms with E-state index in [2.05, 4.69) is 10.5 Å². The molecule has 1 fully saturated rings. The van der Waals surface area contributed by atoms with Crippen LogP contribution in [0.4, 0.5) is 11.4 Å². The fourth-order valence-electron chi connectivity index (χ4n) is 2.64. The molecule has 0 radical (unpaired) electrons. The van der Waals surface area contributed by atoms with Gasteiger partial charge in [0.1, 0.15) is 12.0 Å². The zero-order valence-corrected chi connectivity index (χ0v) is 12.5. The average molecular weight is 332 g/mol. The lowest BCUT2D eigenvalue weighted by molar-refractivity contribution is -0.384. The maximum atomic E-state index is 12.6. The molecule has 10 heteroatoms. The van der Waals surface area contributed by atoms with Crippen molar-refractivity contribution in [2.45, 2.75) is 13.0 Å². The maximum Gasteiger partial charge on any atom is 0.355 e. The minimum absolute atomic E-state index is 0.115. The summed E-state index contributed by atoms with van der Waals surface area (Å²) >= 11 is 0. The summed E-state index contributed by atoms with van der Waals surface area (Å²) in [6.07, 6.45) is 0. The van der Waals surface area contributed by atoms with Gasteiger partial charge in [0.15, 0.2) is 5.71 Å². The van der Waals surface area contributed by atoms with Gasteiger partial charge in [-0.25, -0.2) is 9.69 Å². The summed E-state index contributed by atoms with van der Waals surface area (Å²) in [4.78, 5) is 47.8. The molecule has 10 nitrogen and oxygen atoms in total. The van der Waals surface area contributed by atoms with Gasteiger partial charge in [0.05, 0.1) is 17.2 Å². The number of rotatable bonds is 4. The summed E-state index contributed by atoms with van der Waals surface area (Å²) in [5, 5.41) is 14.4. The molecule has 0 saturated carbocycles. The lowest BCUT2D eigenvalue weighted by atomic mass is 9.99. The molecule has 2 heterocycles. The Morgan fingerprint density at radius 2 is 2.00 bits per heavy atom. The molecule has 2 aliphatic rings. The Morgan fingerprint density at radius 3 is 2.58 bits per heavy atom. The third-order valence-electron chi connectivity index (χ3n) is 3.73. The van der Waals surface area contributed by atoms with E-state index in [-0.39, 0.29) is 23.7 Å². The van der Waals surface area contributed by atoms with Crippen LogP contribution in [0.1, 0.15) is 6.92 Å². The van der Waals surface area contributed by atoms with Crippen LogP contribution in [0.5, 0.6) is 0 Å². The number of fused-ring (bicyclic) bond motifs is 1. The number of nitrogens with one attached hydrogen (secondary N) is 1. The van der Waals surface area contributed by atoms with Crippen LogP contribution in [0.2, 0.25) is 0 Å². The van der Waals surface area contributed by atoms with Gasteiger partial charge in [0.2, 0.25) is 5.91 Å². The van der Waals surface area contributed by atoms with Gasteiger partial charge >= 0.3 is 5.97 Å². The molecule has 24 heavy (non-hydrogen) atoms. The number of hydrogen-bond acceptors (Lipinski definition) is 8. The second-order valence-corrected chi connectivity index (χ2v) is 5.09. The summed E-state index contributed by atoms with van der Waals surface area (Å²) in [5.41, 5.74) is 2.36. The number of nitro benzene ring substituents is 1. The second kappa shape index (κ2) is 5.72. The minimum Gasteiger partial charge on any atom is -0.461 e. The molecule has 0 spiro atoms. The Morgan fingerprint density at radius 1 is 1.33 bits per heavy atom. The molecule has 2 atom stereocenters. The number of ether oxygens (including phenoxy) is 1. The first kappa shape index (κ1) is 15.6. The van der Waals surface area contributed by atoms with Gasteiger partial charge in [-0.05, 0) is 19.1 Å². The fourth-order valence-corrected chi connectivity index (χ4v) is 2.64. The van der Waals surface area contributed by atoms with E-state index in [0.717, 1.165) is 4.90 Å². The number of non-ortho nitro benzene ring substituents is 1. The number of amides is 2. The first-order valence-corrected chi connectivity index (χ1v) is 7.08. The van der Waals surface area contributed by atoms with Crippen LogP contribution < -0.4 is 10.3 Å². The average Bonchev–Trinajstić information content (AvgIpc) is 3.09. The van der Waals surface area contributed by atoms with E-state index in [4.69, 9.17) is 4.74 Å². The van der Waals surface area contributed by atoms with Crippen LogP contribution in [0.25, 0.3) is 0 Å². The first-order chi connectivity index (χ1) is 11.5. The highest BCUT2D eigenvalue weighted by molar-refractivity contribution is 6.46. The molecule has 0 bridgehead atoms. The number of nitrogens with zero attached hydrogens (tertiary/aromatic N) is 3. The highest BCUT2D eigenvalue weighted by Gasteiger charge is 2.55. The van der Waals surface area contributed by atoms with E-state index in [1.54, 1.807) is 6.92 Å². The number of anilines is 1. The van der Waals surface area contributed by atoms with Crippen molar-refractivity contribution in [1.82, 2.24) is 5.43 Å². The summed E-state index contributed by atoms with van der Waals surface area (Å²) in [6.45, 7) is 1.73. The SMILES string of the molecule is CCOC(=O)C1=NN[C@@H]2C(=O)N(c3ccc([N+](=O)[O-])cc3)C(=O)[C@H]12. The second-order valence-electron chi connectivity index (χ2n) is 5.09. The molecule has 124 valence electrons. The smallest absolute Gasteiger partial charge is 0.355 e.